The highest BCUT2D eigenvalue weighted by Crippen LogP contribution is 2.31. The first-order valence-corrected chi connectivity index (χ1v) is 7.29. The number of nitrogens with zero attached hydrogens (tertiary/aromatic N) is 1. The summed E-state index contributed by atoms with van der Waals surface area (Å²) in [4.78, 5) is 26.1. The van der Waals surface area contributed by atoms with Gasteiger partial charge in [-0.3, -0.25) is 9.59 Å². The lowest BCUT2D eigenvalue weighted by Crippen LogP contribution is -2.54. The lowest BCUT2D eigenvalue weighted by Gasteiger charge is -2.34. The van der Waals surface area contributed by atoms with Gasteiger partial charge in [0.1, 0.15) is 11.4 Å². The van der Waals surface area contributed by atoms with E-state index in [1.54, 1.807) is 31.1 Å². The number of carbonyl (C=O) groups excluding carboxylic acids is 2. The molecule has 0 spiro atoms. The maximum atomic E-state index is 13.0. The van der Waals surface area contributed by atoms with Crippen LogP contribution in [0, 0.1) is 5.82 Å². The van der Waals surface area contributed by atoms with Crippen molar-refractivity contribution in [1.29, 1.82) is 0 Å². The Morgan fingerprint density at radius 2 is 2.09 bits per heavy atom. The molecule has 1 aliphatic heterocycles. The average molecular weight is 308 g/mol. The molecule has 6 heteroatoms. The summed E-state index contributed by atoms with van der Waals surface area (Å²) >= 11 is 0. The summed E-state index contributed by atoms with van der Waals surface area (Å²) in [6.07, 6.45) is 0.821. The average Bonchev–Trinajstić information content (AvgIpc) is 2.79. The van der Waals surface area contributed by atoms with Crippen molar-refractivity contribution in [2.24, 2.45) is 0 Å². The Bertz CT molecular complexity index is 547. The van der Waals surface area contributed by atoms with E-state index in [2.05, 4.69) is 5.32 Å². The fourth-order valence-electron chi connectivity index (χ4n) is 2.62. The third-order valence-corrected chi connectivity index (χ3v) is 4.06. The number of ether oxygens (including phenoxy) is 1. The van der Waals surface area contributed by atoms with E-state index in [0.717, 1.165) is 5.56 Å². The van der Waals surface area contributed by atoms with Gasteiger partial charge in [0.05, 0.1) is 6.61 Å². The number of carbonyl (C=O) groups is 2. The van der Waals surface area contributed by atoms with Crippen molar-refractivity contribution in [3.05, 3.63) is 35.6 Å². The molecule has 0 aromatic heterocycles. The lowest BCUT2D eigenvalue weighted by atomic mass is 9.97. The molecule has 1 aliphatic rings. The SMILES string of the molecule is COCCNC(=O)C1(C)CCC(=O)N1Cc1ccc(F)cc1. The van der Waals surface area contributed by atoms with Gasteiger partial charge >= 0.3 is 0 Å². The first-order chi connectivity index (χ1) is 10.5. The summed E-state index contributed by atoms with van der Waals surface area (Å²) in [5.74, 6) is -0.567. The van der Waals surface area contributed by atoms with Crippen LogP contribution in [0.4, 0.5) is 4.39 Å². The second kappa shape index (κ2) is 6.87. The highest BCUT2D eigenvalue weighted by molar-refractivity contribution is 5.94. The topological polar surface area (TPSA) is 58.6 Å². The van der Waals surface area contributed by atoms with E-state index in [1.165, 1.54) is 12.1 Å². The van der Waals surface area contributed by atoms with Gasteiger partial charge in [-0.25, -0.2) is 4.39 Å². The molecule has 2 amide bonds. The lowest BCUT2D eigenvalue weighted by molar-refractivity contribution is -0.141. The molecular formula is C16H21FN2O3. The van der Waals surface area contributed by atoms with Crippen LogP contribution in [0.25, 0.3) is 0 Å². The molecule has 1 N–H and O–H groups in total. The minimum atomic E-state index is -0.876. The molecule has 0 radical (unpaired) electrons. The molecule has 1 fully saturated rings. The molecule has 1 aromatic carbocycles. The zero-order chi connectivity index (χ0) is 16.2. The Morgan fingerprint density at radius 1 is 1.41 bits per heavy atom. The van der Waals surface area contributed by atoms with Crippen molar-refractivity contribution in [1.82, 2.24) is 10.2 Å². The van der Waals surface area contributed by atoms with Crippen molar-refractivity contribution in [2.45, 2.75) is 31.8 Å². The summed E-state index contributed by atoms with van der Waals surface area (Å²) in [6.45, 7) is 2.90. The molecule has 22 heavy (non-hydrogen) atoms. The molecule has 1 unspecified atom stereocenters. The van der Waals surface area contributed by atoms with E-state index in [1.807, 2.05) is 0 Å². The van der Waals surface area contributed by atoms with Gasteiger partial charge in [-0.1, -0.05) is 12.1 Å². The van der Waals surface area contributed by atoms with Crippen molar-refractivity contribution < 1.29 is 18.7 Å². The third-order valence-electron chi connectivity index (χ3n) is 4.06. The van der Waals surface area contributed by atoms with Crippen LogP contribution in [0.5, 0.6) is 0 Å². The molecule has 1 heterocycles. The molecule has 1 saturated heterocycles. The van der Waals surface area contributed by atoms with Crippen LogP contribution in [-0.4, -0.2) is 42.5 Å². The number of hydrogen-bond acceptors (Lipinski definition) is 3. The quantitative estimate of drug-likeness (QED) is 0.810. The summed E-state index contributed by atoms with van der Waals surface area (Å²) in [5, 5.41) is 2.79. The van der Waals surface area contributed by atoms with E-state index in [-0.39, 0.29) is 17.6 Å². The predicted octanol–water partition coefficient (Wildman–Crippen LogP) is 1.47. The summed E-state index contributed by atoms with van der Waals surface area (Å²) in [6, 6.07) is 5.96. The minimum absolute atomic E-state index is 0.0614. The second-order valence-corrected chi connectivity index (χ2v) is 5.63. The van der Waals surface area contributed by atoms with Gasteiger partial charge in [0.2, 0.25) is 11.8 Å². The molecular weight excluding hydrogens is 287 g/mol. The van der Waals surface area contributed by atoms with Gasteiger partial charge in [-0.15, -0.1) is 0 Å². The van der Waals surface area contributed by atoms with Gasteiger partial charge in [-0.05, 0) is 31.0 Å². The highest BCUT2D eigenvalue weighted by Gasteiger charge is 2.46. The number of benzene rings is 1. The Balaban J connectivity index is 2.10. The Labute approximate surface area is 129 Å². The fraction of sp³-hybridized carbons (Fsp3) is 0.500. The largest absolute Gasteiger partial charge is 0.383 e. The number of hydrogen-bond donors (Lipinski definition) is 1. The van der Waals surface area contributed by atoms with E-state index < -0.39 is 5.54 Å². The van der Waals surface area contributed by atoms with E-state index in [0.29, 0.717) is 32.5 Å². The van der Waals surface area contributed by atoms with Gasteiger partial charge in [0, 0.05) is 26.6 Å². The van der Waals surface area contributed by atoms with E-state index >= 15 is 0 Å². The number of amides is 2. The van der Waals surface area contributed by atoms with Crippen LogP contribution >= 0.6 is 0 Å². The Morgan fingerprint density at radius 3 is 2.73 bits per heavy atom. The van der Waals surface area contributed by atoms with Crippen LogP contribution in [0.1, 0.15) is 25.3 Å². The summed E-state index contributed by atoms with van der Waals surface area (Å²) < 4.78 is 17.9. The van der Waals surface area contributed by atoms with E-state index in [9.17, 15) is 14.0 Å². The Hall–Kier alpha value is -1.95. The van der Waals surface area contributed by atoms with Gasteiger partial charge in [0.15, 0.2) is 0 Å². The zero-order valence-corrected chi connectivity index (χ0v) is 12.9. The van der Waals surface area contributed by atoms with Crippen molar-refractivity contribution >= 4 is 11.8 Å². The number of halogens is 1. The van der Waals surface area contributed by atoms with Gasteiger partial charge in [-0.2, -0.15) is 0 Å². The highest BCUT2D eigenvalue weighted by atomic mass is 19.1. The van der Waals surface area contributed by atoms with Gasteiger partial charge in [0.25, 0.3) is 0 Å². The van der Waals surface area contributed by atoms with Crippen LogP contribution < -0.4 is 5.32 Å². The van der Waals surface area contributed by atoms with Crippen LogP contribution in [-0.2, 0) is 20.9 Å². The van der Waals surface area contributed by atoms with E-state index in [4.69, 9.17) is 4.74 Å². The molecule has 1 aromatic rings. The normalized spacial score (nSPS) is 21.2. The molecule has 1 atom stereocenters. The molecule has 2 rings (SSSR count). The number of likely N-dealkylation sites (tertiary alicyclic amines) is 1. The summed E-state index contributed by atoms with van der Waals surface area (Å²) in [7, 11) is 1.56. The number of methoxy groups -OCH3 is 1. The molecule has 0 saturated carbocycles. The maximum absolute atomic E-state index is 13.0. The smallest absolute Gasteiger partial charge is 0.245 e. The number of nitrogens with one attached hydrogen (secondary N) is 1. The number of rotatable bonds is 6. The van der Waals surface area contributed by atoms with Crippen molar-refractivity contribution in [3.63, 3.8) is 0 Å². The minimum Gasteiger partial charge on any atom is -0.383 e. The zero-order valence-electron chi connectivity index (χ0n) is 12.9. The molecule has 0 bridgehead atoms. The van der Waals surface area contributed by atoms with Gasteiger partial charge < -0.3 is 15.0 Å². The first kappa shape index (κ1) is 16.4. The summed E-state index contributed by atoms with van der Waals surface area (Å²) in [5.41, 5.74) is -0.0771. The van der Waals surface area contributed by atoms with Crippen molar-refractivity contribution in [3.8, 4) is 0 Å². The van der Waals surface area contributed by atoms with Crippen LogP contribution in [0.2, 0.25) is 0 Å². The Kier molecular flexibility index (Phi) is 5.13. The fourth-order valence-corrected chi connectivity index (χ4v) is 2.62. The molecule has 5 nitrogen and oxygen atoms in total. The van der Waals surface area contributed by atoms with Crippen LogP contribution in [0.3, 0.4) is 0 Å². The molecule has 120 valence electrons. The maximum Gasteiger partial charge on any atom is 0.245 e. The predicted molar refractivity (Wildman–Crippen MR) is 79.5 cm³/mol. The first-order valence-electron chi connectivity index (χ1n) is 7.29. The monoisotopic (exact) mass is 308 g/mol. The second-order valence-electron chi connectivity index (χ2n) is 5.63. The standard InChI is InChI=1S/C16H21FN2O3/c1-16(15(21)18-9-10-22-2)8-7-14(20)19(16)11-12-3-5-13(17)6-4-12/h3-6H,7-11H2,1-2H3,(H,18,21). The molecule has 0 aliphatic carbocycles. The van der Waals surface area contributed by atoms with Crippen LogP contribution in [0.15, 0.2) is 24.3 Å². The third kappa shape index (κ3) is 3.44. The van der Waals surface area contributed by atoms with Crippen molar-refractivity contribution in [2.75, 3.05) is 20.3 Å².